The molecule has 0 radical (unpaired) electrons. The molecule has 1 saturated carbocycles. The molecule has 0 bridgehead atoms. The molecule has 0 spiro atoms. The van der Waals surface area contributed by atoms with Gasteiger partial charge in [0, 0.05) is 11.0 Å². The first-order valence-electron chi connectivity index (χ1n) is 5.77. The molecule has 0 saturated heterocycles. The van der Waals surface area contributed by atoms with E-state index in [9.17, 15) is 12.8 Å². The average Bonchev–Trinajstić information content (AvgIpc) is 2.23. The van der Waals surface area contributed by atoms with E-state index >= 15 is 0 Å². The normalized spacial score (nSPS) is 18.4. The van der Waals surface area contributed by atoms with E-state index in [2.05, 4.69) is 27.6 Å². The van der Waals surface area contributed by atoms with Crippen LogP contribution < -0.4 is 4.72 Å². The van der Waals surface area contributed by atoms with Crippen LogP contribution >= 0.6 is 15.9 Å². The second-order valence-electron chi connectivity index (χ2n) is 5.06. The first kappa shape index (κ1) is 14.0. The van der Waals surface area contributed by atoms with E-state index in [1.54, 1.807) is 0 Å². The maximum Gasteiger partial charge on any atom is 0.241 e. The molecule has 0 heterocycles. The lowest BCUT2D eigenvalue weighted by Gasteiger charge is -2.38. The number of halogens is 2. The van der Waals surface area contributed by atoms with Crippen molar-refractivity contribution in [1.29, 1.82) is 0 Å². The Bertz CT molecular complexity index is 555. The highest BCUT2D eigenvalue weighted by Crippen LogP contribution is 2.39. The van der Waals surface area contributed by atoms with E-state index in [0.29, 0.717) is 6.54 Å². The summed E-state index contributed by atoms with van der Waals surface area (Å²) in [6, 6.07) is 3.56. The third-order valence-electron chi connectivity index (χ3n) is 3.43. The molecule has 0 amide bonds. The maximum atomic E-state index is 12.9. The Labute approximate surface area is 115 Å². The van der Waals surface area contributed by atoms with E-state index in [4.69, 9.17) is 0 Å². The predicted molar refractivity (Wildman–Crippen MR) is 71.2 cm³/mol. The monoisotopic (exact) mass is 335 g/mol. The zero-order valence-corrected chi connectivity index (χ0v) is 12.4. The van der Waals surface area contributed by atoms with Crippen LogP contribution in [0.1, 0.15) is 26.2 Å². The fourth-order valence-corrected chi connectivity index (χ4v) is 4.24. The van der Waals surface area contributed by atoms with Crippen LogP contribution in [-0.4, -0.2) is 15.0 Å². The Morgan fingerprint density at radius 2 is 2.11 bits per heavy atom. The van der Waals surface area contributed by atoms with Gasteiger partial charge in [0.15, 0.2) is 0 Å². The van der Waals surface area contributed by atoms with Gasteiger partial charge in [-0.3, -0.25) is 0 Å². The Morgan fingerprint density at radius 1 is 1.44 bits per heavy atom. The third kappa shape index (κ3) is 2.92. The van der Waals surface area contributed by atoms with Crippen molar-refractivity contribution in [2.45, 2.75) is 31.1 Å². The highest BCUT2D eigenvalue weighted by atomic mass is 79.9. The fraction of sp³-hybridized carbons (Fsp3) is 0.500. The Morgan fingerprint density at radius 3 is 2.61 bits per heavy atom. The van der Waals surface area contributed by atoms with E-state index in [1.807, 2.05) is 0 Å². The van der Waals surface area contributed by atoms with Gasteiger partial charge in [0.05, 0.1) is 4.90 Å². The van der Waals surface area contributed by atoms with Crippen molar-refractivity contribution in [3.05, 3.63) is 28.5 Å². The topological polar surface area (TPSA) is 46.2 Å². The van der Waals surface area contributed by atoms with E-state index in [0.717, 1.165) is 31.4 Å². The van der Waals surface area contributed by atoms with Gasteiger partial charge in [0.2, 0.25) is 10.0 Å². The largest absolute Gasteiger partial charge is 0.241 e. The van der Waals surface area contributed by atoms with Crippen LogP contribution in [0.3, 0.4) is 0 Å². The molecule has 1 aliphatic rings. The summed E-state index contributed by atoms with van der Waals surface area (Å²) in [5, 5.41) is 0. The van der Waals surface area contributed by atoms with Crippen LogP contribution in [0.4, 0.5) is 4.39 Å². The molecule has 1 N–H and O–H groups in total. The summed E-state index contributed by atoms with van der Waals surface area (Å²) in [6.07, 6.45) is 3.23. The number of rotatable bonds is 4. The standard InChI is InChI=1S/C12H15BrFNO2S/c1-12(5-2-6-12)8-15-18(16,17)11-4-3-9(14)7-10(11)13/h3-4,7,15H,2,5-6,8H2,1H3. The molecule has 0 atom stereocenters. The van der Waals surface area contributed by atoms with Gasteiger partial charge in [-0.25, -0.2) is 17.5 Å². The summed E-state index contributed by atoms with van der Waals surface area (Å²) in [4.78, 5) is 0.0758. The second-order valence-corrected chi connectivity index (χ2v) is 7.65. The van der Waals surface area contributed by atoms with Gasteiger partial charge in [-0.1, -0.05) is 13.3 Å². The zero-order chi connectivity index (χ0) is 13.4. The number of nitrogens with one attached hydrogen (secondary N) is 1. The van der Waals surface area contributed by atoms with Gasteiger partial charge < -0.3 is 0 Å². The van der Waals surface area contributed by atoms with Gasteiger partial charge in [-0.15, -0.1) is 0 Å². The molecule has 1 aliphatic carbocycles. The van der Waals surface area contributed by atoms with Gasteiger partial charge in [0.1, 0.15) is 5.82 Å². The molecule has 100 valence electrons. The summed E-state index contributed by atoms with van der Waals surface area (Å²) in [7, 11) is -3.58. The van der Waals surface area contributed by atoms with Crippen LogP contribution in [0.25, 0.3) is 0 Å². The summed E-state index contributed by atoms with van der Waals surface area (Å²) < 4.78 is 39.9. The Balaban J connectivity index is 2.15. The minimum absolute atomic E-state index is 0.0690. The van der Waals surface area contributed by atoms with Gasteiger partial charge >= 0.3 is 0 Å². The van der Waals surface area contributed by atoms with Crippen LogP contribution in [0.15, 0.2) is 27.6 Å². The van der Waals surface area contributed by atoms with E-state index in [-0.39, 0.29) is 14.8 Å². The van der Waals surface area contributed by atoms with Crippen molar-refractivity contribution in [2.75, 3.05) is 6.54 Å². The highest BCUT2D eigenvalue weighted by molar-refractivity contribution is 9.10. The van der Waals surface area contributed by atoms with Gasteiger partial charge in [0.25, 0.3) is 0 Å². The molecule has 1 aromatic carbocycles. The molecule has 18 heavy (non-hydrogen) atoms. The van der Waals surface area contributed by atoms with E-state index in [1.165, 1.54) is 6.07 Å². The fourth-order valence-electron chi connectivity index (χ4n) is 2.00. The van der Waals surface area contributed by atoms with Crippen molar-refractivity contribution < 1.29 is 12.8 Å². The SMILES string of the molecule is CC1(CNS(=O)(=O)c2ccc(F)cc2Br)CCC1. The zero-order valence-electron chi connectivity index (χ0n) is 10.0. The Kier molecular flexibility index (Phi) is 3.80. The molecular weight excluding hydrogens is 321 g/mol. The molecule has 0 aromatic heterocycles. The van der Waals surface area contributed by atoms with Crippen molar-refractivity contribution >= 4 is 26.0 Å². The number of hydrogen-bond acceptors (Lipinski definition) is 2. The summed E-state index contributed by atoms with van der Waals surface area (Å²) >= 11 is 3.08. The molecule has 6 heteroatoms. The lowest BCUT2D eigenvalue weighted by atomic mass is 9.71. The molecule has 1 fully saturated rings. The summed E-state index contributed by atoms with van der Waals surface area (Å²) in [6.45, 7) is 2.50. The Hall–Kier alpha value is -0.460. The first-order valence-corrected chi connectivity index (χ1v) is 8.05. The molecule has 3 nitrogen and oxygen atoms in total. The van der Waals surface area contributed by atoms with Gasteiger partial charge in [-0.05, 0) is 52.4 Å². The molecule has 0 aliphatic heterocycles. The molecular formula is C12H15BrFNO2S. The lowest BCUT2D eigenvalue weighted by molar-refractivity contribution is 0.166. The van der Waals surface area contributed by atoms with Crippen LogP contribution in [0.2, 0.25) is 0 Å². The minimum Gasteiger partial charge on any atom is -0.211 e. The second kappa shape index (κ2) is 4.90. The molecule has 0 unspecified atom stereocenters. The number of benzene rings is 1. The van der Waals surface area contributed by atoms with Crippen LogP contribution in [-0.2, 0) is 10.0 Å². The molecule has 2 rings (SSSR count). The predicted octanol–water partition coefficient (Wildman–Crippen LogP) is 3.06. The number of hydrogen-bond donors (Lipinski definition) is 1. The number of sulfonamides is 1. The lowest BCUT2D eigenvalue weighted by Crippen LogP contribution is -2.39. The van der Waals surface area contributed by atoms with E-state index < -0.39 is 15.8 Å². The summed E-state index contributed by atoms with van der Waals surface area (Å²) in [5.41, 5.74) is 0.0690. The quantitative estimate of drug-likeness (QED) is 0.919. The molecule has 1 aromatic rings. The third-order valence-corrected chi connectivity index (χ3v) is 5.81. The smallest absolute Gasteiger partial charge is 0.211 e. The van der Waals surface area contributed by atoms with Crippen LogP contribution in [0, 0.1) is 11.2 Å². The highest BCUT2D eigenvalue weighted by Gasteiger charge is 2.33. The van der Waals surface area contributed by atoms with Crippen molar-refractivity contribution in [2.24, 2.45) is 5.41 Å². The van der Waals surface area contributed by atoms with Crippen LogP contribution in [0.5, 0.6) is 0 Å². The van der Waals surface area contributed by atoms with Crippen molar-refractivity contribution in [3.8, 4) is 0 Å². The summed E-state index contributed by atoms with van der Waals surface area (Å²) in [5.74, 6) is -0.466. The average molecular weight is 336 g/mol. The van der Waals surface area contributed by atoms with Crippen molar-refractivity contribution in [3.63, 3.8) is 0 Å². The van der Waals surface area contributed by atoms with Gasteiger partial charge in [-0.2, -0.15) is 0 Å². The first-order chi connectivity index (χ1) is 8.32. The maximum absolute atomic E-state index is 12.9. The van der Waals surface area contributed by atoms with Crippen molar-refractivity contribution in [1.82, 2.24) is 4.72 Å². The minimum atomic E-state index is -3.58.